The van der Waals surface area contributed by atoms with Gasteiger partial charge >= 0.3 is 0 Å². The molecule has 0 radical (unpaired) electrons. The Morgan fingerprint density at radius 3 is 2.08 bits per heavy atom. The molecule has 0 aliphatic carbocycles. The minimum atomic E-state index is -0.744. The predicted octanol–water partition coefficient (Wildman–Crippen LogP) is 3.47. The number of hydrogen-bond donors (Lipinski definition) is 0. The summed E-state index contributed by atoms with van der Waals surface area (Å²) in [5, 5.41) is 22.4. The lowest BCUT2D eigenvalue weighted by Crippen LogP contribution is -2.49. The molecule has 0 atom stereocenters. The number of amides is 1. The molecular formula is C25H26N6O6. The first-order chi connectivity index (χ1) is 17.7. The standard InChI is InChI=1S/C25H26N6O6/c1-16-23(12-18-4-6-22(37-3)7-5-18)24(27-17(2)26-16)28-8-10-29(11-9-28)25(32)19-13-20(30(33)34)15-21(14-19)31(35)36/h4-7,13-15H,8-12H2,1-3H3. The monoisotopic (exact) mass is 506 g/mol. The highest BCUT2D eigenvalue weighted by atomic mass is 16.6. The van der Waals surface area contributed by atoms with Crippen LogP contribution in [0, 0.1) is 34.1 Å². The van der Waals surface area contributed by atoms with E-state index < -0.39 is 27.1 Å². The van der Waals surface area contributed by atoms with E-state index in [0.717, 1.165) is 46.6 Å². The zero-order valence-electron chi connectivity index (χ0n) is 20.7. The van der Waals surface area contributed by atoms with Crippen molar-refractivity contribution in [2.75, 3.05) is 38.2 Å². The molecule has 1 aliphatic heterocycles. The van der Waals surface area contributed by atoms with Crippen molar-refractivity contribution >= 4 is 23.1 Å². The smallest absolute Gasteiger partial charge is 0.277 e. The second kappa shape index (κ2) is 10.6. The van der Waals surface area contributed by atoms with E-state index in [4.69, 9.17) is 9.72 Å². The van der Waals surface area contributed by atoms with Crippen molar-refractivity contribution in [2.24, 2.45) is 0 Å². The van der Waals surface area contributed by atoms with Crippen molar-refractivity contribution in [3.8, 4) is 5.75 Å². The largest absolute Gasteiger partial charge is 0.497 e. The maximum absolute atomic E-state index is 13.1. The van der Waals surface area contributed by atoms with Crippen molar-refractivity contribution in [3.63, 3.8) is 0 Å². The molecule has 1 amide bonds. The number of aryl methyl sites for hydroxylation is 2. The number of methoxy groups -OCH3 is 1. The Morgan fingerprint density at radius 2 is 1.54 bits per heavy atom. The van der Waals surface area contributed by atoms with Crippen molar-refractivity contribution < 1.29 is 19.4 Å². The first-order valence-corrected chi connectivity index (χ1v) is 11.6. The van der Waals surface area contributed by atoms with Crippen LogP contribution in [0.5, 0.6) is 5.75 Å². The second-order valence-electron chi connectivity index (χ2n) is 8.71. The first-order valence-electron chi connectivity index (χ1n) is 11.6. The number of non-ortho nitro benzene ring substituents is 2. The van der Waals surface area contributed by atoms with Gasteiger partial charge in [-0.1, -0.05) is 12.1 Å². The molecule has 1 saturated heterocycles. The van der Waals surface area contributed by atoms with E-state index in [9.17, 15) is 25.0 Å². The molecule has 37 heavy (non-hydrogen) atoms. The summed E-state index contributed by atoms with van der Waals surface area (Å²) in [5.41, 5.74) is 1.88. The van der Waals surface area contributed by atoms with Gasteiger partial charge in [-0.3, -0.25) is 25.0 Å². The number of nitrogens with zero attached hydrogens (tertiary/aromatic N) is 6. The number of nitro groups is 2. The third-order valence-electron chi connectivity index (χ3n) is 6.28. The number of piperazine rings is 1. The van der Waals surface area contributed by atoms with Crippen molar-refractivity contribution in [2.45, 2.75) is 20.3 Å². The van der Waals surface area contributed by atoms with Gasteiger partial charge in [0.15, 0.2) is 0 Å². The van der Waals surface area contributed by atoms with Crippen LogP contribution >= 0.6 is 0 Å². The Balaban J connectivity index is 1.53. The molecule has 1 aromatic heterocycles. The van der Waals surface area contributed by atoms with Gasteiger partial charge in [-0.25, -0.2) is 9.97 Å². The number of rotatable bonds is 7. The summed E-state index contributed by atoms with van der Waals surface area (Å²) in [6, 6.07) is 10.8. The number of hydrogen-bond acceptors (Lipinski definition) is 9. The lowest BCUT2D eigenvalue weighted by Gasteiger charge is -2.36. The molecule has 2 aromatic carbocycles. The highest BCUT2D eigenvalue weighted by molar-refractivity contribution is 5.95. The summed E-state index contributed by atoms with van der Waals surface area (Å²) in [7, 11) is 1.62. The van der Waals surface area contributed by atoms with Gasteiger partial charge in [0.05, 0.1) is 28.6 Å². The van der Waals surface area contributed by atoms with Crippen LogP contribution < -0.4 is 9.64 Å². The lowest BCUT2D eigenvalue weighted by molar-refractivity contribution is -0.394. The molecule has 0 N–H and O–H groups in total. The van der Waals surface area contributed by atoms with Crippen LogP contribution in [-0.2, 0) is 6.42 Å². The quantitative estimate of drug-likeness (QED) is 0.347. The van der Waals surface area contributed by atoms with E-state index in [-0.39, 0.29) is 5.56 Å². The average Bonchev–Trinajstić information content (AvgIpc) is 2.89. The molecule has 0 unspecified atom stereocenters. The van der Waals surface area contributed by atoms with E-state index in [1.54, 1.807) is 12.0 Å². The van der Waals surface area contributed by atoms with Crippen LogP contribution in [0.1, 0.15) is 33.0 Å². The maximum Gasteiger partial charge on any atom is 0.277 e. The minimum Gasteiger partial charge on any atom is -0.497 e. The topological polar surface area (TPSA) is 145 Å². The Bertz CT molecular complexity index is 1320. The Hall–Kier alpha value is -4.61. The summed E-state index contributed by atoms with van der Waals surface area (Å²) >= 11 is 0. The van der Waals surface area contributed by atoms with Crippen LogP contribution in [0.4, 0.5) is 17.2 Å². The van der Waals surface area contributed by atoms with Gasteiger partial charge in [0, 0.05) is 56.0 Å². The van der Waals surface area contributed by atoms with Gasteiger partial charge in [0.1, 0.15) is 17.4 Å². The normalized spacial score (nSPS) is 13.4. The van der Waals surface area contributed by atoms with Gasteiger partial charge in [-0.15, -0.1) is 0 Å². The second-order valence-corrected chi connectivity index (χ2v) is 8.71. The summed E-state index contributed by atoms with van der Waals surface area (Å²) in [5.74, 6) is 1.74. The van der Waals surface area contributed by atoms with E-state index in [1.165, 1.54) is 0 Å². The highest BCUT2D eigenvalue weighted by Gasteiger charge is 2.28. The Labute approximate surface area is 212 Å². The third-order valence-corrected chi connectivity index (χ3v) is 6.28. The van der Waals surface area contributed by atoms with Gasteiger partial charge in [-0.2, -0.15) is 0 Å². The molecule has 192 valence electrons. The predicted molar refractivity (Wildman–Crippen MR) is 135 cm³/mol. The first kappa shape index (κ1) is 25.5. The van der Waals surface area contributed by atoms with E-state index in [2.05, 4.69) is 9.88 Å². The van der Waals surface area contributed by atoms with Crippen molar-refractivity contribution in [1.29, 1.82) is 0 Å². The molecule has 12 heteroatoms. The summed E-state index contributed by atoms with van der Waals surface area (Å²) in [6.07, 6.45) is 0.627. The van der Waals surface area contributed by atoms with Crippen LogP contribution in [0.25, 0.3) is 0 Å². The Morgan fingerprint density at radius 1 is 0.946 bits per heavy atom. The van der Waals surface area contributed by atoms with E-state index in [1.807, 2.05) is 38.1 Å². The number of anilines is 1. The molecule has 0 bridgehead atoms. The SMILES string of the molecule is COc1ccc(Cc2c(C)nc(C)nc2N2CCN(C(=O)c3cc([N+](=O)[O-])cc([N+](=O)[O-])c3)CC2)cc1. The third kappa shape index (κ3) is 5.63. The fourth-order valence-corrected chi connectivity index (χ4v) is 4.37. The highest BCUT2D eigenvalue weighted by Crippen LogP contribution is 2.27. The molecule has 4 rings (SSSR count). The summed E-state index contributed by atoms with van der Waals surface area (Å²) in [6.45, 7) is 5.41. The van der Waals surface area contributed by atoms with Crippen molar-refractivity contribution in [3.05, 3.63) is 90.9 Å². The number of aromatic nitrogens is 2. The van der Waals surface area contributed by atoms with Gasteiger partial charge in [0.2, 0.25) is 0 Å². The number of carbonyl (C=O) groups excluding carboxylic acids is 1. The van der Waals surface area contributed by atoms with Crippen LogP contribution in [0.2, 0.25) is 0 Å². The van der Waals surface area contributed by atoms with Crippen LogP contribution in [0.3, 0.4) is 0 Å². The van der Waals surface area contributed by atoms with Crippen LogP contribution in [0.15, 0.2) is 42.5 Å². The fraction of sp³-hybridized carbons (Fsp3) is 0.320. The fourth-order valence-electron chi connectivity index (χ4n) is 4.37. The van der Waals surface area contributed by atoms with E-state index in [0.29, 0.717) is 38.4 Å². The van der Waals surface area contributed by atoms with Crippen LogP contribution in [-0.4, -0.2) is 63.9 Å². The van der Waals surface area contributed by atoms with Gasteiger partial charge < -0.3 is 14.5 Å². The molecule has 1 fully saturated rings. The van der Waals surface area contributed by atoms with Crippen molar-refractivity contribution in [1.82, 2.24) is 14.9 Å². The molecule has 0 saturated carbocycles. The average molecular weight is 507 g/mol. The minimum absolute atomic E-state index is 0.0803. The number of nitro benzene ring substituents is 2. The Kier molecular flexibility index (Phi) is 7.27. The number of benzene rings is 2. The summed E-state index contributed by atoms with van der Waals surface area (Å²) < 4.78 is 5.24. The molecule has 12 nitrogen and oxygen atoms in total. The molecule has 0 spiro atoms. The van der Waals surface area contributed by atoms with E-state index >= 15 is 0 Å². The zero-order chi connectivity index (χ0) is 26.7. The lowest BCUT2D eigenvalue weighted by atomic mass is 10.0. The molecule has 3 aromatic rings. The number of carbonyl (C=O) groups is 1. The van der Waals surface area contributed by atoms with Gasteiger partial charge in [-0.05, 0) is 31.5 Å². The number of ether oxygens (including phenoxy) is 1. The summed E-state index contributed by atoms with van der Waals surface area (Å²) in [4.78, 5) is 46.9. The zero-order valence-corrected chi connectivity index (χ0v) is 20.7. The molecular weight excluding hydrogens is 480 g/mol. The molecule has 1 aliphatic rings. The maximum atomic E-state index is 13.1. The van der Waals surface area contributed by atoms with Gasteiger partial charge in [0.25, 0.3) is 17.3 Å². The molecule has 2 heterocycles.